The van der Waals surface area contributed by atoms with E-state index >= 15 is 0 Å². The molecule has 0 spiro atoms. The summed E-state index contributed by atoms with van der Waals surface area (Å²) in [5, 5.41) is 3.13. The van der Waals surface area contributed by atoms with Crippen molar-refractivity contribution in [2.24, 2.45) is 5.92 Å². The van der Waals surface area contributed by atoms with Gasteiger partial charge in [0.25, 0.3) is 0 Å². The molecule has 3 aliphatic rings. The zero-order valence-corrected chi connectivity index (χ0v) is 18.7. The van der Waals surface area contributed by atoms with Crippen LogP contribution < -0.4 is 10.2 Å². The number of hydrogen-bond acceptors (Lipinski definition) is 5. The molecular formula is C22H37N3O2S. The van der Waals surface area contributed by atoms with Crippen LogP contribution in [0.25, 0.3) is 0 Å². The van der Waals surface area contributed by atoms with Crippen LogP contribution >= 0.6 is 0 Å². The molecule has 158 valence electrons. The van der Waals surface area contributed by atoms with E-state index in [0.717, 1.165) is 49.9 Å². The zero-order valence-electron chi connectivity index (χ0n) is 17.9. The summed E-state index contributed by atoms with van der Waals surface area (Å²) in [5.41, 5.74) is 1.05. The fraction of sp³-hybridized carbons (Fsp3) is 0.727. The van der Waals surface area contributed by atoms with Crippen LogP contribution in [0.1, 0.15) is 47.0 Å². The standard InChI is InChI=1S/C20H31N3O2S.C2H6/c1-15(2)26(24,25)20-5-3-4-17(11-20)22-8-6-16(7-9-22)14-23-18-10-19(23)13-21-12-18;1-2/h3-5,11,15-16,18-19,21H,6-10,12-14H2,1-2H3;1-2H3. The second-order valence-corrected chi connectivity index (χ2v) is 10.9. The third-order valence-corrected chi connectivity index (χ3v) is 8.61. The van der Waals surface area contributed by atoms with Crippen LogP contribution in [-0.2, 0) is 9.84 Å². The maximum absolute atomic E-state index is 12.4. The summed E-state index contributed by atoms with van der Waals surface area (Å²) in [4.78, 5) is 5.52. The highest BCUT2D eigenvalue weighted by Gasteiger charge is 2.42. The molecule has 3 saturated heterocycles. The number of hydrogen-bond donors (Lipinski definition) is 1. The van der Waals surface area contributed by atoms with Crippen molar-refractivity contribution in [3.8, 4) is 0 Å². The Hall–Kier alpha value is -1.11. The molecule has 5 nitrogen and oxygen atoms in total. The van der Waals surface area contributed by atoms with Crippen LogP contribution in [0.5, 0.6) is 0 Å². The molecule has 0 amide bonds. The first-order valence-electron chi connectivity index (χ1n) is 11.0. The van der Waals surface area contributed by atoms with Gasteiger partial charge in [0, 0.05) is 50.5 Å². The van der Waals surface area contributed by atoms with Gasteiger partial charge in [-0.2, -0.15) is 0 Å². The number of fused-ring (bicyclic) bond motifs is 2. The highest BCUT2D eigenvalue weighted by atomic mass is 32.2. The first-order chi connectivity index (χ1) is 13.4. The molecule has 2 unspecified atom stereocenters. The monoisotopic (exact) mass is 407 g/mol. The Bertz CT molecular complexity index is 728. The molecule has 0 radical (unpaired) electrons. The van der Waals surface area contributed by atoms with E-state index < -0.39 is 9.84 Å². The van der Waals surface area contributed by atoms with Crippen LogP contribution in [0.2, 0.25) is 0 Å². The number of nitrogens with one attached hydrogen (secondary N) is 1. The fourth-order valence-corrected chi connectivity index (χ4v) is 5.76. The van der Waals surface area contributed by atoms with Gasteiger partial charge >= 0.3 is 0 Å². The molecule has 3 fully saturated rings. The lowest BCUT2D eigenvalue weighted by atomic mass is 9.85. The van der Waals surface area contributed by atoms with E-state index in [0.29, 0.717) is 4.90 Å². The predicted molar refractivity (Wildman–Crippen MR) is 117 cm³/mol. The van der Waals surface area contributed by atoms with E-state index in [9.17, 15) is 8.42 Å². The average Bonchev–Trinajstić information content (AvgIpc) is 2.74. The van der Waals surface area contributed by atoms with E-state index in [4.69, 9.17) is 0 Å². The Kier molecular flexibility index (Phi) is 7.05. The predicted octanol–water partition coefficient (Wildman–Crippen LogP) is 3.16. The summed E-state index contributed by atoms with van der Waals surface area (Å²) in [6.07, 6.45) is 3.78. The maximum Gasteiger partial charge on any atom is 0.180 e. The van der Waals surface area contributed by atoms with Crippen molar-refractivity contribution in [2.75, 3.05) is 37.6 Å². The Balaban J connectivity index is 0.00000109. The van der Waals surface area contributed by atoms with Crippen molar-refractivity contribution in [1.29, 1.82) is 0 Å². The highest BCUT2D eigenvalue weighted by Crippen LogP contribution is 2.32. The summed E-state index contributed by atoms with van der Waals surface area (Å²) in [7, 11) is -3.21. The summed E-state index contributed by atoms with van der Waals surface area (Å²) in [5.74, 6) is 0.775. The second kappa shape index (κ2) is 9.14. The minimum atomic E-state index is -3.21. The van der Waals surface area contributed by atoms with Gasteiger partial charge < -0.3 is 10.2 Å². The normalized spacial score (nSPS) is 25.8. The van der Waals surface area contributed by atoms with Crippen LogP contribution in [-0.4, -0.2) is 63.4 Å². The van der Waals surface area contributed by atoms with Crippen LogP contribution in [0.15, 0.2) is 29.2 Å². The minimum Gasteiger partial charge on any atom is -0.371 e. The number of anilines is 1. The summed E-state index contributed by atoms with van der Waals surface area (Å²) >= 11 is 0. The third-order valence-electron chi connectivity index (χ3n) is 6.46. The summed E-state index contributed by atoms with van der Waals surface area (Å²) < 4.78 is 24.9. The molecule has 0 aromatic heterocycles. The van der Waals surface area contributed by atoms with Gasteiger partial charge in [-0.15, -0.1) is 0 Å². The molecule has 6 heteroatoms. The lowest BCUT2D eigenvalue weighted by molar-refractivity contribution is -0.0273. The Morgan fingerprint density at radius 3 is 2.32 bits per heavy atom. The van der Waals surface area contributed by atoms with Crippen molar-refractivity contribution in [2.45, 2.75) is 69.2 Å². The van der Waals surface area contributed by atoms with E-state index in [1.807, 2.05) is 32.0 Å². The molecule has 2 atom stereocenters. The largest absolute Gasteiger partial charge is 0.371 e. The number of sulfone groups is 1. The molecule has 1 aromatic rings. The van der Waals surface area contributed by atoms with Crippen LogP contribution in [0, 0.1) is 5.92 Å². The summed E-state index contributed by atoms with van der Waals surface area (Å²) in [6, 6.07) is 9.05. The number of piperidine rings is 2. The van der Waals surface area contributed by atoms with Gasteiger partial charge in [0.2, 0.25) is 0 Å². The zero-order chi connectivity index (χ0) is 20.3. The molecule has 0 aliphatic carbocycles. The Labute approximate surface area is 171 Å². The molecule has 3 heterocycles. The van der Waals surface area contributed by atoms with Gasteiger partial charge in [-0.1, -0.05) is 19.9 Å². The lowest BCUT2D eigenvalue weighted by Crippen LogP contribution is -2.68. The minimum absolute atomic E-state index is 0.381. The van der Waals surface area contributed by atoms with Gasteiger partial charge in [0.15, 0.2) is 9.84 Å². The van der Waals surface area contributed by atoms with Gasteiger partial charge in [0.05, 0.1) is 10.1 Å². The number of rotatable bonds is 5. The number of benzene rings is 1. The lowest BCUT2D eigenvalue weighted by Gasteiger charge is -2.54. The summed E-state index contributed by atoms with van der Waals surface area (Å²) in [6.45, 7) is 13.1. The van der Waals surface area contributed by atoms with E-state index in [1.54, 1.807) is 19.9 Å². The third kappa shape index (κ3) is 4.39. The SMILES string of the molecule is CC.CC(C)S(=O)(=O)c1cccc(N2CCC(CN3C4CNCC3C4)CC2)c1. The topological polar surface area (TPSA) is 52.7 Å². The van der Waals surface area contributed by atoms with Gasteiger partial charge in [-0.05, 0) is 57.2 Å². The van der Waals surface area contributed by atoms with E-state index in [1.165, 1.54) is 25.8 Å². The van der Waals surface area contributed by atoms with Gasteiger partial charge in [-0.3, -0.25) is 4.90 Å². The smallest absolute Gasteiger partial charge is 0.180 e. The van der Waals surface area contributed by atoms with Crippen molar-refractivity contribution in [3.05, 3.63) is 24.3 Å². The van der Waals surface area contributed by atoms with Gasteiger partial charge in [-0.25, -0.2) is 8.42 Å². The van der Waals surface area contributed by atoms with Crippen LogP contribution in [0.3, 0.4) is 0 Å². The molecule has 28 heavy (non-hydrogen) atoms. The molecular weight excluding hydrogens is 370 g/mol. The van der Waals surface area contributed by atoms with E-state index in [2.05, 4.69) is 15.1 Å². The van der Waals surface area contributed by atoms with Crippen molar-refractivity contribution >= 4 is 15.5 Å². The Morgan fingerprint density at radius 1 is 1.11 bits per heavy atom. The first-order valence-corrected chi connectivity index (χ1v) is 12.5. The molecule has 4 rings (SSSR count). The molecule has 1 aromatic carbocycles. The molecule has 0 saturated carbocycles. The quantitative estimate of drug-likeness (QED) is 0.813. The molecule has 2 bridgehead atoms. The molecule has 3 aliphatic heterocycles. The number of piperazine rings is 1. The maximum atomic E-state index is 12.4. The van der Waals surface area contributed by atoms with Crippen molar-refractivity contribution in [3.63, 3.8) is 0 Å². The first kappa shape index (κ1) is 21.6. The average molecular weight is 408 g/mol. The highest BCUT2D eigenvalue weighted by molar-refractivity contribution is 7.92. The van der Waals surface area contributed by atoms with E-state index in [-0.39, 0.29) is 5.25 Å². The van der Waals surface area contributed by atoms with Gasteiger partial charge in [0.1, 0.15) is 0 Å². The fourth-order valence-electron chi connectivity index (χ4n) is 4.66. The molecule has 1 N–H and O–H groups in total. The van der Waals surface area contributed by atoms with Crippen LogP contribution in [0.4, 0.5) is 5.69 Å². The number of nitrogens with zero attached hydrogens (tertiary/aromatic N) is 2. The second-order valence-electron chi connectivity index (χ2n) is 8.42. The van der Waals surface area contributed by atoms with Crippen molar-refractivity contribution < 1.29 is 8.42 Å². The Morgan fingerprint density at radius 2 is 1.75 bits per heavy atom. The van der Waals surface area contributed by atoms with Crippen molar-refractivity contribution in [1.82, 2.24) is 10.2 Å².